The lowest BCUT2D eigenvalue weighted by Gasteiger charge is -2.33. The molecule has 1 atom stereocenters. The normalized spacial score (nSPS) is 12.1. The number of benzene rings is 3. The van der Waals surface area contributed by atoms with Gasteiger partial charge in [-0.2, -0.15) is 0 Å². The molecular weight excluding hydrogens is 507 g/mol. The summed E-state index contributed by atoms with van der Waals surface area (Å²) in [6.07, 6.45) is 0.362. The highest BCUT2D eigenvalue weighted by Gasteiger charge is 2.32. The molecule has 0 aliphatic carbocycles. The van der Waals surface area contributed by atoms with Crippen molar-refractivity contribution in [1.82, 2.24) is 10.2 Å². The molecule has 3 aromatic rings. The molecule has 3 aromatic carbocycles. The number of carbonyl (C=O) groups is 2. The predicted molar refractivity (Wildman–Crippen MR) is 150 cm³/mol. The molecule has 0 aliphatic rings. The molecule has 3 rings (SSSR count). The van der Waals surface area contributed by atoms with Gasteiger partial charge in [-0.25, -0.2) is 0 Å². The van der Waals surface area contributed by atoms with E-state index >= 15 is 0 Å². The van der Waals surface area contributed by atoms with Gasteiger partial charge in [0.25, 0.3) is 5.91 Å². The van der Waals surface area contributed by atoms with E-state index in [1.54, 1.807) is 29.2 Å². The van der Waals surface area contributed by atoms with E-state index in [1.165, 1.54) is 0 Å². The number of rotatable bonds is 9. The zero-order chi connectivity index (χ0) is 27.2. The number of hydrogen-bond acceptors (Lipinski definition) is 3. The van der Waals surface area contributed by atoms with E-state index in [1.807, 2.05) is 77.1 Å². The lowest BCUT2D eigenvalue weighted by molar-refractivity contribution is -0.143. The number of ether oxygens (including phenoxy) is 1. The third-order valence-electron chi connectivity index (χ3n) is 5.81. The summed E-state index contributed by atoms with van der Waals surface area (Å²) in [5.74, 6) is 0.0278. The highest BCUT2D eigenvalue weighted by Crippen LogP contribution is 2.26. The summed E-state index contributed by atoms with van der Waals surface area (Å²) in [5, 5.41) is 4.33. The van der Waals surface area contributed by atoms with Crippen LogP contribution in [0, 0.1) is 13.8 Å². The molecule has 0 aromatic heterocycles. The topological polar surface area (TPSA) is 58.6 Å². The van der Waals surface area contributed by atoms with Crippen LogP contribution in [0.25, 0.3) is 0 Å². The molecule has 0 radical (unpaired) electrons. The summed E-state index contributed by atoms with van der Waals surface area (Å²) in [5.41, 5.74) is 3.09. The van der Waals surface area contributed by atoms with Crippen molar-refractivity contribution in [2.45, 2.75) is 59.2 Å². The second-order valence-corrected chi connectivity index (χ2v) is 11.1. The zero-order valence-corrected chi connectivity index (χ0v) is 23.5. The first kappa shape index (κ1) is 28.5. The SMILES string of the molecule is Cc1cc(OCC(=O)N(Cc2ccc(Cl)cc2)C(Cc2ccccc2)C(=O)NC(C)(C)C)cc(C)c1Cl. The second kappa shape index (κ2) is 12.5. The molecule has 0 bridgehead atoms. The minimum absolute atomic E-state index is 0.220. The van der Waals surface area contributed by atoms with Crippen LogP contribution in [-0.4, -0.2) is 34.9 Å². The van der Waals surface area contributed by atoms with Crippen LogP contribution in [0.5, 0.6) is 5.75 Å². The molecule has 0 heterocycles. The van der Waals surface area contributed by atoms with E-state index in [9.17, 15) is 9.59 Å². The smallest absolute Gasteiger partial charge is 0.261 e. The van der Waals surface area contributed by atoms with Crippen LogP contribution in [0.2, 0.25) is 10.0 Å². The van der Waals surface area contributed by atoms with E-state index in [-0.39, 0.29) is 25.0 Å². The van der Waals surface area contributed by atoms with Crippen molar-refractivity contribution in [3.05, 3.63) is 99.0 Å². The molecule has 0 saturated carbocycles. The van der Waals surface area contributed by atoms with Gasteiger partial charge >= 0.3 is 0 Å². The van der Waals surface area contributed by atoms with Crippen LogP contribution >= 0.6 is 23.2 Å². The van der Waals surface area contributed by atoms with Crippen LogP contribution in [-0.2, 0) is 22.6 Å². The molecule has 0 spiro atoms. The Balaban J connectivity index is 1.94. The van der Waals surface area contributed by atoms with Gasteiger partial charge in [0, 0.05) is 28.5 Å². The van der Waals surface area contributed by atoms with Crippen molar-refractivity contribution in [2.24, 2.45) is 0 Å². The van der Waals surface area contributed by atoms with Gasteiger partial charge in [-0.15, -0.1) is 0 Å². The summed E-state index contributed by atoms with van der Waals surface area (Å²) in [6, 6.07) is 19.8. The van der Waals surface area contributed by atoms with Crippen molar-refractivity contribution in [3.8, 4) is 5.75 Å². The first-order chi connectivity index (χ1) is 17.4. The second-order valence-electron chi connectivity index (χ2n) is 10.3. The Hall–Kier alpha value is -3.02. The van der Waals surface area contributed by atoms with Gasteiger partial charge in [-0.1, -0.05) is 65.7 Å². The Morgan fingerprint density at radius 3 is 2.08 bits per heavy atom. The molecule has 196 valence electrons. The number of carbonyl (C=O) groups excluding carboxylic acids is 2. The summed E-state index contributed by atoms with van der Waals surface area (Å²) in [6.45, 7) is 9.56. The van der Waals surface area contributed by atoms with Gasteiger partial charge in [0.15, 0.2) is 6.61 Å². The van der Waals surface area contributed by atoms with Crippen molar-refractivity contribution < 1.29 is 14.3 Å². The molecule has 0 saturated heterocycles. The van der Waals surface area contributed by atoms with Gasteiger partial charge in [0.2, 0.25) is 5.91 Å². The van der Waals surface area contributed by atoms with Crippen LogP contribution in [0.1, 0.15) is 43.0 Å². The average Bonchev–Trinajstić information content (AvgIpc) is 2.83. The predicted octanol–water partition coefficient (Wildman–Crippen LogP) is 6.54. The van der Waals surface area contributed by atoms with Crippen molar-refractivity contribution >= 4 is 35.0 Å². The molecule has 5 nitrogen and oxygen atoms in total. The van der Waals surface area contributed by atoms with Gasteiger partial charge < -0.3 is 15.0 Å². The maximum absolute atomic E-state index is 13.7. The molecule has 0 fully saturated rings. The van der Waals surface area contributed by atoms with Crippen LogP contribution in [0.4, 0.5) is 0 Å². The lowest BCUT2D eigenvalue weighted by atomic mass is 10.0. The van der Waals surface area contributed by atoms with Crippen LogP contribution in [0.15, 0.2) is 66.7 Å². The summed E-state index contributed by atoms with van der Waals surface area (Å²) in [4.78, 5) is 28.9. The zero-order valence-electron chi connectivity index (χ0n) is 22.0. The highest BCUT2D eigenvalue weighted by atomic mass is 35.5. The van der Waals surface area contributed by atoms with Crippen molar-refractivity contribution in [2.75, 3.05) is 6.61 Å². The largest absolute Gasteiger partial charge is 0.484 e. The number of halogens is 2. The first-order valence-corrected chi connectivity index (χ1v) is 13.0. The minimum Gasteiger partial charge on any atom is -0.484 e. The van der Waals surface area contributed by atoms with Crippen LogP contribution in [0.3, 0.4) is 0 Å². The quantitative estimate of drug-likeness (QED) is 0.335. The number of amides is 2. The fourth-order valence-corrected chi connectivity index (χ4v) is 4.25. The number of hydrogen-bond donors (Lipinski definition) is 1. The lowest BCUT2D eigenvalue weighted by Crippen LogP contribution is -2.55. The standard InChI is InChI=1S/C30H34Cl2N2O3/c1-20-15-25(16-21(2)28(20)32)37-19-27(35)34(18-23-11-13-24(31)14-12-23)26(29(36)33-30(3,4)5)17-22-9-7-6-8-10-22/h6-16,26H,17-19H2,1-5H3,(H,33,36). The Morgan fingerprint density at radius 2 is 1.51 bits per heavy atom. The maximum Gasteiger partial charge on any atom is 0.261 e. The average molecular weight is 542 g/mol. The summed E-state index contributed by atoms with van der Waals surface area (Å²) < 4.78 is 5.90. The van der Waals surface area contributed by atoms with Crippen molar-refractivity contribution in [1.29, 1.82) is 0 Å². The van der Waals surface area contributed by atoms with E-state index in [0.29, 0.717) is 22.2 Å². The van der Waals surface area contributed by atoms with Gasteiger partial charge in [0.05, 0.1) is 0 Å². The summed E-state index contributed by atoms with van der Waals surface area (Å²) >= 11 is 12.4. The van der Waals surface area contributed by atoms with E-state index < -0.39 is 11.6 Å². The highest BCUT2D eigenvalue weighted by molar-refractivity contribution is 6.32. The molecule has 0 aliphatic heterocycles. The fraction of sp³-hybridized carbons (Fsp3) is 0.333. The van der Waals surface area contributed by atoms with E-state index in [4.69, 9.17) is 27.9 Å². The molecule has 1 unspecified atom stereocenters. The molecule has 7 heteroatoms. The third-order valence-corrected chi connectivity index (χ3v) is 6.66. The number of nitrogens with one attached hydrogen (secondary N) is 1. The monoisotopic (exact) mass is 540 g/mol. The Labute approximate surface area is 229 Å². The van der Waals surface area contributed by atoms with Crippen molar-refractivity contribution in [3.63, 3.8) is 0 Å². The summed E-state index contributed by atoms with van der Waals surface area (Å²) in [7, 11) is 0. The Bertz CT molecular complexity index is 1200. The minimum atomic E-state index is -0.748. The fourth-order valence-electron chi connectivity index (χ4n) is 4.01. The number of nitrogens with zero attached hydrogens (tertiary/aromatic N) is 1. The van der Waals surface area contributed by atoms with Gasteiger partial charge in [0.1, 0.15) is 11.8 Å². The van der Waals surface area contributed by atoms with E-state index in [0.717, 1.165) is 22.3 Å². The molecule has 1 N–H and O–H groups in total. The maximum atomic E-state index is 13.7. The Kier molecular flexibility index (Phi) is 9.63. The van der Waals surface area contributed by atoms with Crippen LogP contribution < -0.4 is 10.1 Å². The Morgan fingerprint density at radius 1 is 0.919 bits per heavy atom. The molecular formula is C30H34Cl2N2O3. The third kappa shape index (κ3) is 8.51. The molecule has 2 amide bonds. The number of aryl methyl sites for hydroxylation is 2. The first-order valence-electron chi connectivity index (χ1n) is 12.2. The molecule has 37 heavy (non-hydrogen) atoms. The van der Waals surface area contributed by atoms with Gasteiger partial charge in [-0.05, 0) is 81.1 Å². The van der Waals surface area contributed by atoms with Gasteiger partial charge in [-0.3, -0.25) is 9.59 Å². The van der Waals surface area contributed by atoms with E-state index in [2.05, 4.69) is 5.32 Å².